The standard InChI is InChI=1S/C16H17F3N4O/c1-10-12(5-2-6-20-10)15(24)23-7-3-4-11(9-23)14-21-8-13(22-14)16(17,18)19/h2,5-6,8,11H,3-4,7,9H2,1H3,(H,21,22)/t11-/m0/s1. The second-order valence-corrected chi connectivity index (χ2v) is 5.91. The normalized spacial score (nSPS) is 18.7. The van der Waals surface area contributed by atoms with Gasteiger partial charge in [-0.3, -0.25) is 9.78 Å². The fourth-order valence-electron chi connectivity index (χ4n) is 2.95. The van der Waals surface area contributed by atoms with Gasteiger partial charge < -0.3 is 9.88 Å². The first-order valence-electron chi connectivity index (χ1n) is 7.69. The van der Waals surface area contributed by atoms with Gasteiger partial charge in [0.2, 0.25) is 0 Å². The van der Waals surface area contributed by atoms with E-state index in [0.29, 0.717) is 30.8 Å². The lowest BCUT2D eigenvalue weighted by Gasteiger charge is -2.32. The van der Waals surface area contributed by atoms with Gasteiger partial charge in [-0.2, -0.15) is 13.2 Å². The number of nitrogens with one attached hydrogen (secondary N) is 1. The van der Waals surface area contributed by atoms with Crippen molar-refractivity contribution in [3.8, 4) is 0 Å². The Morgan fingerprint density at radius 3 is 2.83 bits per heavy atom. The van der Waals surface area contributed by atoms with Crippen LogP contribution in [0.5, 0.6) is 0 Å². The zero-order chi connectivity index (χ0) is 17.3. The molecule has 0 spiro atoms. The summed E-state index contributed by atoms with van der Waals surface area (Å²) >= 11 is 0. The monoisotopic (exact) mass is 338 g/mol. The van der Waals surface area contributed by atoms with Crippen molar-refractivity contribution in [2.45, 2.75) is 31.9 Å². The molecule has 1 amide bonds. The number of amides is 1. The maximum absolute atomic E-state index is 12.7. The molecule has 2 aromatic heterocycles. The van der Waals surface area contributed by atoms with Gasteiger partial charge in [-0.1, -0.05) is 0 Å². The summed E-state index contributed by atoms with van der Waals surface area (Å²) in [7, 11) is 0. The minimum Gasteiger partial charge on any atom is -0.338 e. The predicted molar refractivity (Wildman–Crippen MR) is 80.4 cm³/mol. The largest absolute Gasteiger partial charge is 0.432 e. The van der Waals surface area contributed by atoms with E-state index < -0.39 is 11.9 Å². The maximum Gasteiger partial charge on any atom is 0.432 e. The summed E-state index contributed by atoms with van der Waals surface area (Å²) in [6.45, 7) is 2.69. The third-order valence-electron chi connectivity index (χ3n) is 4.23. The summed E-state index contributed by atoms with van der Waals surface area (Å²) in [6.07, 6.45) is -0.603. The molecule has 3 rings (SSSR count). The summed E-state index contributed by atoms with van der Waals surface area (Å²) in [5.74, 6) is -0.0913. The van der Waals surface area contributed by atoms with Crippen LogP contribution in [0, 0.1) is 6.92 Å². The number of hydrogen-bond donors (Lipinski definition) is 1. The van der Waals surface area contributed by atoms with Crippen LogP contribution >= 0.6 is 0 Å². The number of pyridine rings is 1. The topological polar surface area (TPSA) is 61.9 Å². The Hall–Kier alpha value is -2.38. The number of carbonyl (C=O) groups is 1. The van der Waals surface area contributed by atoms with E-state index in [4.69, 9.17) is 0 Å². The van der Waals surface area contributed by atoms with Gasteiger partial charge in [0, 0.05) is 30.9 Å². The molecule has 1 fully saturated rings. The Morgan fingerprint density at radius 1 is 1.38 bits per heavy atom. The van der Waals surface area contributed by atoms with Crippen molar-refractivity contribution in [2.24, 2.45) is 0 Å². The lowest BCUT2D eigenvalue weighted by Crippen LogP contribution is -2.39. The lowest BCUT2D eigenvalue weighted by molar-refractivity contribution is -0.141. The Labute approximate surface area is 136 Å². The van der Waals surface area contributed by atoms with Gasteiger partial charge in [0.25, 0.3) is 5.91 Å². The molecular formula is C16H17F3N4O. The third-order valence-corrected chi connectivity index (χ3v) is 4.23. The first kappa shape index (κ1) is 16.5. The number of imidazole rings is 1. The van der Waals surface area contributed by atoms with Gasteiger partial charge >= 0.3 is 6.18 Å². The Balaban J connectivity index is 1.76. The minimum atomic E-state index is -4.44. The maximum atomic E-state index is 12.7. The second-order valence-electron chi connectivity index (χ2n) is 5.91. The van der Waals surface area contributed by atoms with E-state index >= 15 is 0 Å². The number of likely N-dealkylation sites (tertiary alicyclic amines) is 1. The van der Waals surface area contributed by atoms with Gasteiger partial charge in [0.1, 0.15) is 11.5 Å². The first-order valence-corrected chi connectivity index (χ1v) is 7.69. The molecule has 0 bridgehead atoms. The van der Waals surface area contributed by atoms with E-state index in [0.717, 1.165) is 12.6 Å². The van der Waals surface area contributed by atoms with E-state index in [1.54, 1.807) is 30.2 Å². The highest BCUT2D eigenvalue weighted by Crippen LogP contribution is 2.31. The average molecular weight is 338 g/mol. The number of carbonyl (C=O) groups excluding carboxylic acids is 1. The van der Waals surface area contributed by atoms with Crippen molar-refractivity contribution in [2.75, 3.05) is 13.1 Å². The molecule has 3 heterocycles. The SMILES string of the molecule is Cc1ncccc1C(=O)N1CCC[C@H](c2ncc(C(F)(F)F)[nH]2)C1. The van der Waals surface area contributed by atoms with Crippen molar-refractivity contribution in [3.05, 3.63) is 47.3 Å². The number of aromatic nitrogens is 3. The summed E-state index contributed by atoms with van der Waals surface area (Å²) in [6, 6.07) is 3.41. The van der Waals surface area contributed by atoms with E-state index in [1.165, 1.54) is 0 Å². The highest BCUT2D eigenvalue weighted by molar-refractivity contribution is 5.95. The van der Waals surface area contributed by atoms with Gasteiger partial charge in [-0.25, -0.2) is 4.98 Å². The Kier molecular flexibility index (Phi) is 4.29. The Morgan fingerprint density at radius 2 is 2.17 bits per heavy atom. The summed E-state index contributed by atoms with van der Waals surface area (Å²) in [5.41, 5.74) is 0.305. The molecule has 5 nitrogen and oxygen atoms in total. The average Bonchev–Trinajstić information content (AvgIpc) is 3.05. The van der Waals surface area contributed by atoms with Gasteiger partial charge in [-0.15, -0.1) is 0 Å². The fourth-order valence-corrected chi connectivity index (χ4v) is 2.95. The first-order chi connectivity index (χ1) is 11.4. The van der Waals surface area contributed by atoms with Crippen LogP contribution in [0.25, 0.3) is 0 Å². The molecule has 0 radical (unpaired) electrons. The van der Waals surface area contributed by atoms with Crippen molar-refractivity contribution in [1.82, 2.24) is 19.9 Å². The van der Waals surface area contributed by atoms with Crippen molar-refractivity contribution in [3.63, 3.8) is 0 Å². The summed E-state index contributed by atoms with van der Waals surface area (Å²) in [4.78, 5) is 24.6. The van der Waals surface area contributed by atoms with E-state index in [-0.39, 0.29) is 17.6 Å². The minimum absolute atomic E-state index is 0.145. The number of piperidine rings is 1. The van der Waals surface area contributed by atoms with E-state index in [9.17, 15) is 18.0 Å². The number of aryl methyl sites for hydroxylation is 1. The molecule has 0 unspecified atom stereocenters. The van der Waals surface area contributed by atoms with E-state index in [1.807, 2.05) is 0 Å². The number of halogens is 3. The molecule has 1 aliphatic heterocycles. The number of H-pyrrole nitrogens is 1. The number of alkyl halides is 3. The third kappa shape index (κ3) is 3.27. The molecule has 1 N–H and O–H groups in total. The van der Waals surface area contributed by atoms with Crippen LogP contribution < -0.4 is 0 Å². The molecule has 0 aliphatic carbocycles. The quantitative estimate of drug-likeness (QED) is 0.915. The van der Waals surface area contributed by atoms with Crippen LogP contribution in [0.1, 0.15) is 46.3 Å². The summed E-state index contributed by atoms with van der Waals surface area (Å²) in [5, 5.41) is 0. The van der Waals surface area contributed by atoms with Crippen LogP contribution in [0.15, 0.2) is 24.5 Å². The summed E-state index contributed by atoms with van der Waals surface area (Å²) < 4.78 is 38.1. The van der Waals surface area contributed by atoms with Crippen molar-refractivity contribution < 1.29 is 18.0 Å². The van der Waals surface area contributed by atoms with Crippen molar-refractivity contribution in [1.29, 1.82) is 0 Å². The molecule has 0 saturated carbocycles. The lowest BCUT2D eigenvalue weighted by atomic mass is 9.96. The second kappa shape index (κ2) is 6.26. The molecule has 2 aromatic rings. The van der Waals surface area contributed by atoms with Crippen LogP contribution in [0.3, 0.4) is 0 Å². The molecule has 8 heteroatoms. The van der Waals surface area contributed by atoms with Gasteiger partial charge in [-0.05, 0) is 31.9 Å². The molecule has 1 atom stereocenters. The number of aromatic amines is 1. The molecule has 1 aliphatic rings. The van der Waals surface area contributed by atoms with Gasteiger partial charge in [0.05, 0.1) is 11.8 Å². The van der Waals surface area contributed by atoms with Gasteiger partial charge in [0.15, 0.2) is 0 Å². The van der Waals surface area contributed by atoms with Crippen LogP contribution in [-0.2, 0) is 6.18 Å². The molecule has 128 valence electrons. The number of rotatable bonds is 2. The highest BCUT2D eigenvalue weighted by atomic mass is 19.4. The smallest absolute Gasteiger partial charge is 0.338 e. The fraction of sp³-hybridized carbons (Fsp3) is 0.438. The molecule has 24 heavy (non-hydrogen) atoms. The van der Waals surface area contributed by atoms with Crippen LogP contribution in [0.2, 0.25) is 0 Å². The highest BCUT2D eigenvalue weighted by Gasteiger charge is 2.35. The predicted octanol–water partition coefficient (Wildman–Crippen LogP) is 3.15. The van der Waals surface area contributed by atoms with Crippen molar-refractivity contribution >= 4 is 5.91 Å². The number of hydrogen-bond acceptors (Lipinski definition) is 3. The van der Waals surface area contributed by atoms with Crippen LogP contribution in [-0.4, -0.2) is 38.8 Å². The zero-order valence-corrected chi connectivity index (χ0v) is 13.1. The number of nitrogens with zero attached hydrogens (tertiary/aromatic N) is 3. The van der Waals surface area contributed by atoms with Crippen LogP contribution in [0.4, 0.5) is 13.2 Å². The zero-order valence-electron chi connectivity index (χ0n) is 13.1. The molecule has 0 aromatic carbocycles. The Bertz CT molecular complexity index is 741. The molecule has 1 saturated heterocycles. The molecular weight excluding hydrogens is 321 g/mol. The van der Waals surface area contributed by atoms with E-state index in [2.05, 4.69) is 15.0 Å².